The van der Waals surface area contributed by atoms with E-state index < -0.39 is 22.9 Å². The molecule has 1 aromatic heterocycles. The molecule has 1 aliphatic rings. The van der Waals surface area contributed by atoms with Gasteiger partial charge < -0.3 is 14.4 Å². The van der Waals surface area contributed by atoms with Crippen LogP contribution in [0.1, 0.15) is 5.69 Å². The molecule has 11 heteroatoms. The number of benzene rings is 2. The number of ether oxygens (including phenoxy) is 1. The smallest absolute Gasteiger partial charge is 0.436 e. The number of hydrogen-bond donors (Lipinski definition) is 0. The molecule has 2 aromatic carbocycles. The van der Waals surface area contributed by atoms with E-state index >= 15 is 0 Å². The molecule has 3 aromatic rings. The molecule has 0 spiro atoms. The normalized spacial score (nSPS) is 15.8. The molecule has 186 valence electrons. The van der Waals surface area contributed by atoms with Crippen LogP contribution in [0.2, 0.25) is 5.02 Å². The molecule has 35 heavy (non-hydrogen) atoms. The second-order valence-corrected chi connectivity index (χ2v) is 9.33. The third-order valence-corrected chi connectivity index (χ3v) is 7.02. The van der Waals surface area contributed by atoms with Crippen LogP contribution in [0.25, 0.3) is 11.3 Å². The van der Waals surface area contributed by atoms with Gasteiger partial charge >= 0.3 is 6.18 Å². The Morgan fingerprint density at radius 1 is 1.14 bits per heavy atom. The molecule has 0 saturated carbocycles. The predicted octanol–water partition coefficient (Wildman–Crippen LogP) is 5.38. The van der Waals surface area contributed by atoms with Gasteiger partial charge in [0.05, 0.1) is 34.9 Å². The van der Waals surface area contributed by atoms with Crippen molar-refractivity contribution in [3.63, 3.8) is 0 Å². The number of alkyl halides is 3. The van der Waals surface area contributed by atoms with Gasteiger partial charge in [-0.15, -0.1) is 0 Å². The van der Waals surface area contributed by atoms with Crippen LogP contribution >= 0.6 is 27.5 Å². The topological polar surface area (TPSA) is 50.6 Å². The van der Waals surface area contributed by atoms with Gasteiger partial charge in [0.2, 0.25) is 0 Å². The summed E-state index contributed by atoms with van der Waals surface area (Å²) >= 11 is 9.61. The minimum absolute atomic E-state index is 0.0460. The van der Waals surface area contributed by atoms with Gasteiger partial charge in [0.1, 0.15) is 12.0 Å². The molecule has 1 atom stereocenters. The van der Waals surface area contributed by atoms with Crippen LogP contribution in [0.5, 0.6) is 5.75 Å². The van der Waals surface area contributed by atoms with E-state index in [9.17, 15) is 18.0 Å². The van der Waals surface area contributed by atoms with Crippen molar-refractivity contribution < 1.29 is 22.7 Å². The highest BCUT2D eigenvalue weighted by Gasteiger charge is 2.39. The molecule has 1 unspecified atom stereocenters. The summed E-state index contributed by atoms with van der Waals surface area (Å²) in [6, 6.07) is 13.7. The minimum Gasteiger partial charge on any atom is -0.495 e. The maximum Gasteiger partial charge on any atom is 0.436 e. The van der Waals surface area contributed by atoms with Crippen molar-refractivity contribution in [2.75, 3.05) is 38.2 Å². The fourth-order valence-corrected chi connectivity index (χ4v) is 4.96. The summed E-state index contributed by atoms with van der Waals surface area (Å²) in [6.45, 7) is 2.37. The summed E-state index contributed by atoms with van der Waals surface area (Å²) in [5.41, 5.74) is 0.482. The Kier molecular flexibility index (Phi) is 7.73. The van der Waals surface area contributed by atoms with Crippen molar-refractivity contribution in [1.29, 1.82) is 0 Å². The van der Waals surface area contributed by atoms with E-state index in [1.165, 1.54) is 4.68 Å². The number of nitrogens with zero attached hydrogens (tertiary/aromatic N) is 4. The molecule has 0 aliphatic carbocycles. The summed E-state index contributed by atoms with van der Waals surface area (Å²) in [7, 11) is 1.60. The summed E-state index contributed by atoms with van der Waals surface area (Å²) < 4.78 is 48.1. The van der Waals surface area contributed by atoms with E-state index in [0.717, 1.165) is 22.2 Å². The molecule has 0 radical (unpaired) electrons. The lowest BCUT2D eigenvalue weighted by atomic mass is 10.1. The monoisotopic (exact) mass is 570 g/mol. The first-order valence-electron chi connectivity index (χ1n) is 10.9. The number of halogens is 5. The Labute approximate surface area is 214 Å². The third kappa shape index (κ3) is 5.49. The van der Waals surface area contributed by atoms with Crippen LogP contribution in [0, 0.1) is 0 Å². The van der Waals surface area contributed by atoms with Gasteiger partial charge in [-0.1, -0.05) is 41.9 Å². The molecule has 2 heterocycles. The maximum atomic E-state index is 13.6. The van der Waals surface area contributed by atoms with Crippen molar-refractivity contribution in [3.05, 3.63) is 63.7 Å². The van der Waals surface area contributed by atoms with Gasteiger partial charge in [0.15, 0.2) is 5.69 Å². The summed E-state index contributed by atoms with van der Waals surface area (Å²) in [5.74, 6) is 0.722. The first-order chi connectivity index (χ1) is 16.7. The first kappa shape index (κ1) is 25.5. The fraction of sp³-hybridized carbons (Fsp3) is 0.333. The number of aldehydes is 1. The lowest BCUT2D eigenvalue weighted by Crippen LogP contribution is -2.52. The Morgan fingerprint density at radius 3 is 2.43 bits per heavy atom. The average Bonchev–Trinajstić information content (AvgIpc) is 3.19. The Hall–Kier alpha value is -2.56. The molecule has 0 bridgehead atoms. The lowest BCUT2D eigenvalue weighted by molar-refractivity contribution is -0.141. The second kappa shape index (κ2) is 10.6. The number of carbonyl (C=O) groups is 1. The molecular formula is C24H23BrClF3N4O2. The molecule has 1 saturated heterocycles. The summed E-state index contributed by atoms with van der Waals surface area (Å²) in [4.78, 5) is 16.2. The Bertz CT molecular complexity index is 1180. The van der Waals surface area contributed by atoms with Crippen LogP contribution in [-0.4, -0.2) is 60.3 Å². The average molecular weight is 572 g/mol. The number of hydrogen-bond acceptors (Lipinski definition) is 5. The molecule has 0 N–H and O–H groups in total. The van der Waals surface area contributed by atoms with Gasteiger partial charge in [-0.25, -0.2) is 0 Å². The molecule has 6 nitrogen and oxygen atoms in total. The highest BCUT2D eigenvalue weighted by Crippen LogP contribution is 2.39. The van der Waals surface area contributed by atoms with Crippen molar-refractivity contribution in [2.24, 2.45) is 0 Å². The van der Waals surface area contributed by atoms with E-state index in [1.54, 1.807) is 37.4 Å². The zero-order chi connectivity index (χ0) is 25.2. The fourth-order valence-electron chi connectivity index (χ4n) is 4.20. The Morgan fingerprint density at radius 2 is 1.83 bits per heavy atom. The van der Waals surface area contributed by atoms with E-state index in [-0.39, 0.29) is 12.2 Å². The number of rotatable bonds is 7. The quantitative estimate of drug-likeness (QED) is 0.357. The zero-order valence-electron chi connectivity index (χ0n) is 18.8. The van der Waals surface area contributed by atoms with Crippen molar-refractivity contribution in [2.45, 2.75) is 18.8 Å². The van der Waals surface area contributed by atoms with Gasteiger partial charge in [0.25, 0.3) is 0 Å². The predicted molar refractivity (Wildman–Crippen MR) is 132 cm³/mol. The van der Waals surface area contributed by atoms with Crippen LogP contribution in [0.15, 0.2) is 53.0 Å². The first-order valence-corrected chi connectivity index (χ1v) is 12.1. The standard InChI is InChI=1S/C24H23BrClF3N4O2/c1-35-20-13-17(7-8-19(20)25)31-9-11-32(12-10-31)18(15-34)14-33-22(16-5-3-2-4-6-16)21(26)23(30-33)24(27,28)29/h2-8,13,15,18H,9-12,14H2,1H3. The zero-order valence-corrected chi connectivity index (χ0v) is 21.1. The summed E-state index contributed by atoms with van der Waals surface area (Å²) in [5, 5.41) is 3.31. The Balaban J connectivity index is 1.54. The van der Waals surface area contributed by atoms with Crippen LogP contribution in [0.4, 0.5) is 18.9 Å². The van der Waals surface area contributed by atoms with Gasteiger partial charge in [-0.2, -0.15) is 18.3 Å². The number of carbonyl (C=O) groups excluding carboxylic acids is 1. The highest BCUT2D eigenvalue weighted by molar-refractivity contribution is 9.10. The molecular weight excluding hydrogens is 549 g/mol. The second-order valence-electron chi connectivity index (χ2n) is 8.10. The van der Waals surface area contributed by atoms with Crippen LogP contribution in [0.3, 0.4) is 0 Å². The minimum atomic E-state index is -4.71. The van der Waals surface area contributed by atoms with Crippen molar-refractivity contribution in [3.8, 4) is 17.0 Å². The van der Waals surface area contributed by atoms with E-state index in [1.807, 2.05) is 23.1 Å². The van der Waals surface area contributed by atoms with Crippen LogP contribution in [-0.2, 0) is 17.5 Å². The largest absolute Gasteiger partial charge is 0.495 e. The van der Waals surface area contributed by atoms with Gasteiger partial charge in [-0.3, -0.25) is 9.58 Å². The number of methoxy groups -OCH3 is 1. The number of piperazine rings is 1. The maximum absolute atomic E-state index is 13.6. The molecule has 4 rings (SSSR count). The third-order valence-electron chi connectivity index (χ3n) is 6.01. The van der Waals surface area contributed by atoms with Gasteiger partial charge in [0, 0.05) is 43.5 Å². The SMILES string of the molecule is COc1cc(N2CCN(C(C=O)Cn3nc(C(F)(F)F)c(Cl)c3-c3ccccc3)CC2)ccc1Br. The van der Waals surface area contributed by atoms with E-state index in [4.69, 9.17) is 16.3 Å². The molecule has 1 aliphatic heterocycles. The lowest BCUT2D eigenvalue weighted by Gasteiger charge is -2.38. The van der Waals surface area contributed by atoms with Gasteiger partial charge in [-0.05, 0) is 28.1 Å². The number of aromatic nitrogens is 2. The number of anilines is 1. The van der Waals surface area contributed by atoms with Crippen LogP contribution < -0.4 is 9.64 Å². The highest BCUT2D eigenvalue weighted by atomic mass is 79.9. The van der Waals surface area contributed by atoms with Crippen molar-refractivity contribution >= 4 is 39.5 Å². The van der Waals surface area contributed by atoms with Crippen molar-refractivity contribution in [1.82, 2.24) is 14.7 Å². The van der Waals surface area contributed by atoms with E-state index in [0.29, 0.717) is 31.7 Å². The molecule has 0 amide bonds. The van der Waals surface area contributed by atoms with E-state index in [2.05, 4.69) is 25.9 Å². The molecule has 1 fully saturated rings. The summed E-state index contributed by atoms with van der Waals surface area (Å²) in [6.07, 6.45) is -3.95.